The van der Waals surface area contributed by atoms with E-state index in [-0.39, 0.29) is 0 Å². The molecule has 4 aromatic heterocycles. The molecule has 0 radical (unpaired) electrons. The second-order valence-corrected chi connectivity index (χ2v) is 14.3. The van der Waals surface area contributed by atoms with Crippen molar-refractivity contribution < 1.29 is 4.42 Å². The first kappa shape index (κ1) is 27.3. The van der Waals surface area contributed by atoms with Crippen molar-refractivity contribution >= 4 is 108 Å². The Kier molecular flexibility index (Phi) is 5.35. The fourth-order valence-corrected chi connectivity index (χ4v) is 9.69. The number of rotatable bonds is 2. The van der Waals surface area contributed by atoms with Gasteiger partial charge in [0.15, 0.2) is 0 Å². The zero-order valence-electron chi connectivity index (χ0n) is 27.1. The number of thiophene rings is 1. The summed E-state index contributed by atoms with van der Waals surface area (Å²) in [6, 6.07) is 54.1. The van der Waals surface area contributed by atoms with E-state index in [9.17, 15) is 0 Å². The van der Waals surface area contributed by atoms with E-state index in [2.05, 4.69) is 144 Å². The summed E-state index contributed by atoms with van der Waals surface area (Å²) >= 11 is 1.86. The van der Waals surface area contributed by atoms with Gasteiger partial charge < -0.3 is 4.42 Å². The Labute approximate surface area is 294 Å². The Morgan fingerprint density at radius 1 is 0.490 bits per heavy atom. The smallest absolute Gasteiger partial charge is 0.238 e. The molecule has 12 aromatic rings. The lowest BCUT2D eigenvalue weighted by molar-refractivity contribution is 0.651. The van der Waals surface area contributed by atoms with Gasteiger partial charge in [-0.15, -0.1) is 11.3 Å². The monoisotopic (exact) mass is 667 g/mol. The number of hydrogen-bond acceptors (Lipinski definition) is 4. The van der Waals surface area contributed by atoms with E-state index in [4.69, 9.17) is 14.4 Å². The summed E-state index contributed by atoms with van der Waals surface area (Å²) in [6.07, 6.45) is 0. The van der Waals surface area contributed by atoms with Gasteiger partial charge in [0.25, 0.3) is 0 Å². The number of aromatic nitrogens is 3. The first-order valence-electron chi connectivity index (χ1n) is 17.2. The summed E-state index contributed by atoms with van der Waals surface area (Å²) in [7, 11) is 0. The highest BCUT2D eigenvalue weighted by Crippen LogP contribution is 2.48. The quantitative estimate of drug-likeness (QED) is 0.172. The summed E-state index contributed by atoms with van der Waals surface area (Å²) in [5, 5.41) is 14.2. The lowest BCUT2D eigenvalue weighted by Crippen LogP contribution is -2.03. The average molecular weight is 668 g/mol. The molecule has 0 amide bonds. The maximum atomic E-state index is 6.56. The van der Waals surface area contributed by atoms with E-state index < -0.39 is 0 Å². The molecule has 5 heteroatoms. The summed E-state index contributed by atoms with van der Waals surface area (Å²) < 4.78 is 11.4. The Bertz CT molecular complexity index is 3440. The molecule has 0 unspecified atom stereocenters. The second kappa shape index (κ2) is 10.0. The van der Waals surface area contributed by atoms with Gasteiger partial charge in [-0.1, -0.05) is 127 Å². The average Bonchev–Trinajstić information content (AvgIpc) is 3.87. The highest BCUT2D eigenvalue weighted by atomic mass is 32.1. The number of para-hydroxylation sites is 2. The zero-order chi connectivity index (χ0) is 33.2. The van der Waals surface area contributed by atoms with Crippen LogP contribution in [-0.2, 0) is 0 Å². The highest BCUT2D eigenvalue weighted by molar-refractivity contribution is 7.27. The zero-order valence-corrected chi connectivity index (χ0v) is 27.9. The van der Waals surface area contributed by atoms with Crippen molar-refractivity contribution in [2.75, 3.05) is 0 Å². The summed E-state index contributed by atoms with van der Waals surface area (Å²) in [5.41, 5.74) is 5.43. The molecule has 0 saturated heterocycles. The third-order valence-corrected chi connectivity index (χ3v) is 11.8. The van der Waals surface area contributed by atoms with Gasteiger partial charge in [-0.3, -0.25) is 4.57 Å². The molecular weight excluding hydrogens is 643 g/mol. The van der Waals surface area contributed by atoms with Crippen molar-refractivity contribution in [3.05, 3.63) is 152 Å². The normalized spacial score (nSPS) is 12.3. The van der Waals surface area contributed by atoms with Crippen molar-refractivity contribution in [3.8, 4) is 17.2 Å². The van der Waals surface area contributed by atoms with Crippen LogP contribution in [0.15, 0.2) is 156 Å². The molecule has 0 atom stereocenters. The number of fused-ring (bicyclic) bond motifs is 16. The van der Waals surface area contributed by atoms with Crippen molar-refractivity contribution in [1.29, 1.82) is 0 Å². The Morgan fingerprint density at radius 2 is 1.18 bits per heavy atom. The van der Waals surface area contributed by atoms with Crippen LogP contribution < -0.4 is 0 Å². The Morgan fingerprint density at radius 3 is 2.08 bits per heavy atom. The maximum Gasteiger partial charge on any atom is 0.238 e. The highest BCUT2D eigenvalue weighted by Gasteiger charge is 2.25. The van der Waals surface area contributed by atoms with Crippen molar-refractivity contribution in [2.45, 2.75) is 0 Å². The minimum absolute atomic E-state index is 0.577. The molecule has 51 heavy (non-hydrogen) atoms. The molecule has 0 aliphatic carbocycles. The largest absolute Gasteiger partial charge is 0.437 e. The van der Waals surface area contributed by atoms with Gasteiger partial charge in [0.1, 0.15) is 5.58 Å². The van der Waals surface area contributed by atoms with E-state index in [0.29, 0.717) is 11.7 Å². The van der Waals surface area contributed by atoms with Crippen LogP contribution in [-0.4, -0.2) is 14.5 Å². The van der Waals surface area contributed by atoms with Gasteiger partial charge >= 0.3 is 0 Å². The lowest BCUT2D eigenvalue weighted by atomic mass is 9.98. The van der Waals surface area contributed by atoms with Crippen LogP contribution in [0.2, 0.25) is 0 Å². The standard InChI is InChI=1S/C46H25N3OS/c1-2-12-29-26(11-1)21-22-27-25-28(23-24-30(27)29)42-40-34-16-6-9-19-37(34)50-45(40)48-46(47-42)49-36-18-8-5-15-33(36)41-43(49)32-14-4-3-13-31(32)39-35-17-7-10-20-38(35)51-44(39)41/h1-25H. The van der Waals surface area contributed by atoms with Crippen molar-refractivity contribution in [2.24, 2.45) is 0 Å². The first-order chi connectivity index (χ1) is 25.3. The molecule has 4 nitrogen and oxygen atoms in total. The van der Waals surface area contributed by atoms with Gasteiger partial charge in [0, 0.05) is 47.3 Å². The lowest BCUT2D eigenvalue weighted by Gasteiger charge is -2.12. The second-order valence-electron chi connectivity index (χ2n) is 13.3. The SMILES string of the molecule is c1ccc2c(c1)ccc1cc(-c3nc(-n4c5ccccc5c5c6sc7ccccc7c6c6ccccc6c54)nc4oc5ccccc5c34)ccc12. The third-order valence-electron chi connectivity index (χ3n) is 10.6. The van der Waals surface area contributed by atoms with Gasteiger partial charge in [-0.2, -0.15) is 4.98 Å². The van der Waals surface area contributed by atoms with Gasteiger partial charge in [-0.25, -0.2) is 4.98 Å². The molecule has 8 aromatic carbocycles. The van der Waals surface area contributed by atoms with Crippen LogP contribution in [0.3, 0.4) is 0 Å². The molecule has 0 aliphatic heterocycles. The molecule has 236 valence electrons. The number of furan rings is 1. The topological polar surface area (TPSA) is 43.9 Å². The van der Waals surface area contributed by atoms with Crippen LogP contribution in [0.4, 0.5) is 0 Å². The molecule has 4 heterocycles. The fourth-order valence-electron chi connectivity index (χ4n) is 8.41. The van der Waals surface area contributed by atoms with E-state index >= 15 is 0 Å². The van der Waals surface area contributed by atoms with Crippen molar-refractivity contribution in [3.63, 3.8) is 0 Å². The summed E-state index contributed by atoms with van der Waals surface area (Å²) in [6.45, 7) is 0. The van der Waals surface area contributed by atoms with Crippen LogP contribution in [0, 0.1) is 0 Å². The molecular formula is C46H25N3OS. The van der Waals surface area contributed by atoms with Crippen molar-refractivity contribution in [1.82, 2.24) is 14.5 Å². The Hall–Kier alpha value is -6.56. The Balaban J connectivity index is 1.24. The minimum Gasteiger partial charge on any atom is -0.437 e. The third kappa shape index (κ3) is 3.68. The van der Waals surface area contributed by atoms with Crippen LogP contribution in [0.5, 0.6) is 0 Å². The van der Waals surface area contributed by atoms with E-state index in [1.54, 1.807) is 0 Å². The van der Waals surface area contributed by atoms with Gasteiger partial charge in [0.2, 0.25) is 11.7 Å². The first-order valence-corrected chi connectivity index (χ1v) is 18.0. The maximum absolute atomic E-state index is 6.56. The van der Waals surface area contributed by atoms with Crippen LogP contribution >= 0.6 is 11.3 Å². The number of benzene rings is 8. The molecule has 0 fully saturated rings. The van der Waals surface area contributed by atoms with Gasteiger partial charge in [-0.05, 0) is 51.2 Å². The number of hydrogen-bond donors (Lipinski definition) is 0. The summed E-state index contributed by atoms with van der Waals surface area (Å²) in [4.78, 5) is 10.8. The van der Waals surface area contributed by atoms with Crippen LogP contribution in [0.1, 0.15) is 0 Å². The van der Waals surface area contributed by atoms with Gasteiger partial charge in [0.05, 0.1) is 22.1 Å². The predicted octanol–water partition coefficient (Wildman–Crippen LogP) is 13.0. The number of nitrogens with zero attached hydrogens (tertiary/aromatic N) is 3. The molecule has 0 bridgehead atoms. The molecule has 0 saturated carbocycles. The fraction of sp³-hybridized carbons (Fsp3) is 0. The van der Waals surface area contributed by atoms with E-state index in [1.807, 2.05) is 23.5 Å². The predicted molar refractivity (Wildman–Crippen MR) is 214 cm³/mol. The minimum atomic E-state index is 0.577. The molecule has 12 rings (SSSR count). The molecule has 0 aliphatic rings. The summed E-state index contributed by atoms with van der Waals surface area (Å²) in [5.74, 6) is 0.590. The molecule has 0 N–H and O–H groups in total. The molecule has 0 spiro atoms. The van der Waals surface area contributed by atoms with E-state index in [0.717, 1.165) is 38.6 Å². The van der Waals surface area contributed by atoms with Crippen LogP contribution in [0.25, 0.3) is 114 Å². The van der Waals surface area contributed by atoms with E-state index in [1.165, 1.54) is 63.3 Å².